The zero-order chi connectivity index (χ0) is 23.4. The SMILES string of the molecule is COc1ccc(N=NC2=C(C)O[B-](c3ccccc3)(c3ccccc3)[N+]3=C2CCCCC3)cc1. The van der Waals surface area contributed by atoms with E-state index >= 15 is 0 Å². The van der Waals surface area contributed by atoms with Crippen LogP contribution < -0.4 is 15.7 Å². The molecule has 0 N–H and O–H groups in total. The Kier molecular flexibility index (Phi) is 6.30. The minimum atomic E-state index is -1.63. The van der Waals surface area contributed by atoms with Gasteiger partial charge < -0.3 is 13.9 Å². The molecule has 2 heterocycles. The third-order valence-corrected chi connectivity index (χ3v) is 6.89. The van der Waals surface area contributed by atoms with Gasteiger partial charge in [-0.15, -0.1) is 5.11 Å². The number of allylic oxidation sites excluding steroid dienone is 2. The van der Waals surface area contributed by atoms with E-state index in [1.165, 1.54) is 23.1 Å². The van der Waals surface area contributed by atoms with Gasteiger partial charge in [0.15, 0.2) is 11.4 Å². The van der Waals surface area contributed by atoms with Crippen molar-refractivity contribution in [2.24, 2.45) is 10.2 Å². The molecule has 0 fully saturated rings. The largest absolute Gasteiger partial charge is 0.653 e. The fraction of sp³-hybridized carbons (Fsp3) is 0.250. The van der Waals surface area contributed by atoms with Gasteiger partial charge in [0, 0.05) is 12.8 Å². The third-order valence-electron chi connectivity index (χ3n) is 6.89. The van der Waals surface area contributed by atoms with Crippen molar-refractivity contribution in [3.05, 3.63) is 96.4 Å². The van der Waals surface area contributed by atoms with Crippen molar-refractivity contribution in [2.75, 3.05) is 13.7 Å². The van der Waals surface area contributed by atoms with Crippen LogP contribution in [-0.2, 0) is 4.65 Å². The summed E-state index contributed by atoms with van der Waals surface area (Å²) in [5, 5.41) is 9.30. The average molecular weight is 451 g/mol. The number of ether oxygens (including phenoxy) is 1. The van der Waals surface area contributed by atoms with E-state index in [4.69, 9.17) is 14.5 Å². The van der Waals surface area contributed by atoms with Crippen molar-refractivity contribution in [3.63, 3.8) is 0 Å². The Morgan fingerprint density at radius 3 is 2.06 bits per heavy atom. The first-order valence-corrected chi connectivity index (χ1v) is 12.1. The van der Waals surface area contributed by atoms with Crippen molar-refractivity contribution < 1.29 is 13.9 Å². The molecule has 0 radical (unpaired) electrons. The average Bonchev–Trinajstić information content (AvgIpc) is 3.16. The third kappa shape index (κ3) is 4.05. The van der Waals surface area contributed by atoms with Crippen LogP contribution in [0.3, 0.4) is 0 Å². The Morgan fingerprint density at radius 2 is 1.44 bits per heavy atom. The molecular weight excluding hydrogens is 421 g/mol. The maximum absolute atomic E-state index is 6.98. The lowest BCUT2D eigenvalue weighted by molar-refractivity contribution is -0.413. The normalized spacial score (nSPS) is 17.8. The quantitative estimate of drug-likeness (QED) is 0.389. The van der Waals surface area contributed by atoms with Crippen LogP contribution in [0.25, 0.3) is 0 Å². The molecule has 0 saturated carbocycles. The molecule has 172 valence electrons. The van der Waals surface area contributed by atoms with Crippen LogP contribution in [0.2, 0.25) is 0 Å². The molecule has 2 aliphatic heterocycles. The zero-order valence-corrected chi connectivity index (χ0v) is 19.9. The minimum Gasteiger partial charge on any atom is -0.653 e. The number of benzene rings is 3. The van der Waals surface area contributed by atoms with E-state index in [2.05, 4.69) is 70.3 Å². The summed E-state index contributed by atoms with van der Waals surface area (Å²) < 4.78 is 14.7. The van der Waals surface area contributed by atoms with Gasteiger partial charge in [0.2, 0.25) is 0 Å². The summed E-state index contributed by atoms with van der Waals surface area (Å²) in [6.45, 7) is 1.32. The molecule has 5 nitrogen and oxygen atoms in total. The van der Waals surface area contributed by atoms with E-state index in [0.29, 0.717) is 0 Å². The van der Waals surface area contributed by atoms with Crippen molar-refractivity contribution in [1.29, 1.82) is 0 Å². The first kappa shape index (κ1) is 22.1. The molecule has 0 saturated heterocycles. The van der Waals surface area contributed by atoms with Crippen molar-refractivity contribution >= 4 is 28.8 Å². The highest BCUT2D eigenvalue weighted by atomic mass is 16.5. The molecule has 0 spiro atoms. The molecule has 0 bridgehead atoms. The van der Waals surface area contributed by atoms with Crippen molar-refractivity contribution in [2.45, 2.75) is 32.6 Å². The van der Waals surface area contributed by atoms with Crippen LogP contribution in [0.1, 0.15) is 32.6 Å². The second-order valence-corrected chi connectivity index (χ2v) is 8.94. The van der Waals surface area contributed by atoms with Crippen LogP contribution >= 0.6 is 0 Å². The summed E-state index contributed by atoms with van der Waals surface area (Å²) in [5.74, 6) is 1.62. The summed E-state index contributed by atoms with van der Waals surface area (Å²) in [4.78, 5) is 0. The number of azo groups is 1. The van der Waals surface area contributed by atoms with Crippen LogP contribution in [-0.4, -0.2) is 30.3 Å². The van der Waals surface area contributed by atoms with E-state index in [9.17, 15) is 0 Å². The lowest BCUT2D eigenvalue weighted by Gasteiger charge is -2.43. The monoisotopic (exact) mass is 451 g/mol. The Morgan fingerprint density at radius 1 is 0.794 bits per heavy atom. The highest BCUT2D eigenvalue weighted by Crippen LogP contribution is 2.30. The predicted octanol–water partition coefficient (Wildman–Crippen LogP) is 5.32. The maximum atomic E-state index is 6.98. The van der Waals surface area contributed by atoms with E-state index in [1.54, 1.807) is 7.11 Å². The van der Waals surface area contributed by atoms with Crippen molar-refractivity contribution in [3.8, 4) is 5.75 Å². The van der Waals surface area contributed by atoms with Gasteiger partial charge in [0.1, 0.15) is 5.75 Å². The van der Waals surface area contributed by atoms with E-state index in [1.807, 2.05) is 31.2 Å². The molecule has 6 heteroatoms. The standard InChI is InChI=1S/C28H30BN3O2/c1-22-28(31-30-25-17-19-26(33-2)20-18-25)27-16-10-5-11-21-32(27)29(34-22,23-12-6-3-7-13-23)24-14-8-4-9-15-24/h3-4,6-9,12-15,17-20H,5,10-11,16,21H2,1-2H3. The smallest absolute Gasteiger partial charge is 0.508 e. The topological polar surface area (TPSA) is 46.2 Å². The van der Waals surface area contributed by atoms with Crippen LogP contribution in [0.5, 0.6) is 5.75 Å². The fourth-order valence-electron chi connectivity index (χ4n) is 5.27. The molecular formula is C28H30BN3O2. The molecule has 0 aliphatic carbocycles. The molecule has 5 rings (SSSR count). The van der Waals surface area contributed by atoms with E-state index in [0.717, 1.165) is 48.7 Å². The summed E-state index contributed by atoms with van der Waals surface area (Å²) in [5.41, 5.74) is 5.22. The Labute approximate surface area is 201 Å². The summed E-state index contributed by atoms with van der Waals surface area (Å²) >= 11 is 0. The summed E-state index contributed by atoms with van der Waals surface area (Å²) in [6.07, 6.45) is 4.41. The second-order valence-electron chi connectivity index (χ2n) is 8.94. The summed E-state index contributed by atoms with van der Waals surface area (Å²) in [7, 11) is 1.66. The number of nitrogens with zero attached hydrogens (tertiary/aromatic N) is 3. The van der Waals surface area contributed by atoms with E-state index in [-0.39, 0.29) is 0 Å². The first-order valence-electron chi connectivity index (χ1n) is 12.1. The van der Waals surface area contributed by atoms with Gasteiger partial charge in [0.25, 0.3) is 0 Å². The molecule has 2 aliphatic rings. The highest BCUT2D eigenvalue weighted by molar-refractivity contribution is 6.92. The molecule has 0 atom stereocenters. The highest BCUT2D eigenvalue weighted by Gasteiger charge is 2.50. The van der Waals surface area contributed by atoms with Gasteiger partial charge >= 0.3 is 6.48 Å². The Bertz CT molecular complexity index is 1200. The zero-order valence-electron chi connectivity index (χ0n) is 19.9. The summed E-state index contributed by atoms with van der Waals surface area (Å²) in [6, 6.07) is 28.9. The molecule has 0 amide bonds. The number of rotatable bonds is 5. The van der Waals surface area contributed by atoms with Crippen LogP contribution in [0.4, 0.5) is 5.69 Å². The number of hydrogen-bond donors (Lipinski definition) is 0. The van der Waals surface area contributed by atoms with Gasteiger partial charge in [-0.05, 0) is 44.0 Å². The van der Waals surface area contributed by atoms with Crippen molar-refractivity contribution in [1.82, 2.24) is 0 Å². The molecule has 34 heavy (non-hydrogen) atoms. The predicted molar refractivity (Wildman–Crippen MR) is 138 cm³/mol. The minimum absolute atomic E-state index is 0.787. The van der Waals surface area contributed by atoms with Gasteiger partial charge in [0.05, 0.1) is 25.1 Å². The molecule has 0 unspecified atom stereocenters. The molecule has 3 aromatic carbocycles. The second kappa shape index (κ2) is 9.68. The van der Waals surface area contributed by atoms with Crippen LogP contribution in [0.15, 0.2) is 107 Å². The molecule has 0 aromatic heterocycles. The fourth-order valence-corrected chi connectivity index (χ4v) is 5.27. The van der Waals surface area contributed by atoms with Gasteiger partial charge in [-0.3, -0.25) is 0 Å². The number of hydrogen-bond acceptors (Lipinski definition) is 4. The lowest BCUT2D eigenvalue weighted by Crippen LogP contribution is -2.71. The Balaban J connectivity index is 1.66. The van der Waals surface area contributed by atoms with Gasteiger partial charge in [-0.1, -0.05) is 71.6 Å². The maximum Gasteiger partial charge on any atom is 0.508 e. The van der Waals surface area contributed by atoms with E-state index < -0.39 is 6.48 Å². The molecule has 3 aromatic rings. The van der Waals surface area contributed by atoms with Gasteiger partial charge in [-0.2, -0.15) is 5.11 Å². The first-order chi connectivity index (χ1) is 16.7. The van der Waals surface area contributed by atoms with Crippen LogP contribution in [0, 0.1) is 0 Å². The number of methoxy groups -OCH3 is 1. The van der Waals surface area contributed by atoms with Gasteiger partial charge in [-0.25, -0.2) is 0 Å². The Hall–Kier alpha value is -3.67. The lowest BCUT2D eigenvalue weighted by atomic mass is 9.40.